The van der Waals surface area contributed by atoms with Crippen molar-refractivity contribution < 1.29 is 17.9 Å². The maximum Gasteiger partial charge on any atom is 0.219 e. The molecule has 19 heavy (non-hydrogen) atoms. The topological polar surface area (TPSA) is 86.5 Å². The molecular weight excluding hydrogens is 266 g/mol. The Labute approximate surface area is 113 Å². The van der Waals surface area contributed by atoms with Crippen LogP contribution in [0.3, 0.4) is 0 Å². The van der Waals surface area contributed by atoms with Crippen molar-refractivity contribution in [1.29, 1.82) is 0 Å². The Morgan fingerprint density at radius 3 is 2.32 bits per heavy atom. The molecule has 0 heterocycles. The number of ketones is 1. The van der Waals surface area contributed by atoms with E-state index in [1.807, 2.05) is 13.8 Å². The molecule has 0 aliphatic rings. The molecule has 0 amide bonds. The summed E-state index contributed by atoms with van der Waals surface area (Å²) in [6.07, 6.45) is 0.0398. The highest BCUT2D eigenvalue weighted by Gasteiger charge is 2.30. The molecule has 0 fully saturated rings. The number of Topliss-reactive ketones (excluding diaryl/α,β-unsaturated/α-hetero) is 1. The molecule has 1 rings (SSSR count). The fraction of sp³-hybridized carbons (Fsp3) is 0.462. The predicted octanol–water partition coefficient (Wildman–Crippen LogP) is 1.34. The van der Waals surface area contributed by atoms with Gasteiger partial charge in [-0.1, -0.05) is 30.3 Å². The largest absolute Gasteiger partial charge is 0.379 e. The molecular formula is C13H19NO4S. The van der Waals surface area contributed by atoms with Gasteiger partial charge < -0.3 is 4.74 Å². The first-order valence-corrected chi connectivity index (χ1v) is 7.66. The lowest BCUT2D eigenvalue weighted by atomic mass is 10.1. The van der Waals surface area contributed by atoms with Gasteiger partial charge in [-0.15, -0.1) is 0 Å². The second-order valence-corrected chi connectivity index (χ2v) is 6.26. The molecule has 1 aromatic rings. The average molecular weight is 285 g/mol. The van der Waals surface area contributed by atoms with Crippen LogP contribution in [0.15, 0.2) is 30.3 Å². The highest BCUT2D eigenvalue weighted by molar-refractivity contribution is 7.90. The molecule has 2 N–H and O–H groups in total. The zero-order valence-electron chi connectivity index (χ0n) is 11.1. The fourth-order valence-electron chi connectivity index (χ4n) is 1.64. The van der Waals surface area contributed by atoms with Crippen LogP contribution in [-0.2, 0) is 14.8 Å². The summed E-state index contributed by atoms with van der Waals surface area (Å²) in [4.78, 5) is 12.2. The Bertz CT molecular complexity index is 511. The maximum atomic E-state index is 12.2. The molecule has 0 aromatic heterocycles. The summed E-state index contributed by atoms with van der Waals surface area (Å²) < 4.78 is 28.3. The van der Waals surface area contributed by atoms with Crippen molar-refractivity contribution in [2.24, 2.45) is 5.14 Å². The SMILES string of the molecule is CC(C)OCCC(C(=O)c1ccccc1)S(N)(=O)=O. The monoisotopic (exact) mass is 285 g/mol. The van der Waals surface area contributed by atoms with Crippen LogP contribution in [-0.4, -0.2) is 32.2 Å². The van der Waals surface area contributed by atoms with Gasteiger partial charge in [0.25, 0.3) is 0 Å². The molecule has 0 saturated carbocycles. The maximum absolute atomic E-state index is 12.2. The molecule has 0 saturated heterocycles. The van der Waals surface area contributed by atoms with Gasteiger partial charge in [0.05, 0.1) is 6.10 Å². The lowest BCUT2D eigenvalue weighted by Crippen LogP contribution is -2.36. The van der Waals surface area contributed by atoms with Gasteiger partial charge in [0.15, 0.2) is 5.78 Å². The number of benzene rings is 1. The highest BCUT2D eigenvalue weighted by atomic mass is 32.2. The Hall–Kier alpha value is -1.24. The summed E-state index contributed by atoms with van der Waals surface area (Å²) in [6.45, 7) is 3.85. The van der Waals surface area contributed by atoms with E-state index < -0.39 is 21.1 Å². The smallest absolute Gasteiger partial charge is 0.219 e. The van der Waals surface area contributed by atoms with Crippen LogP contribution < -0.4 is 5.14 Å². The van der Waals surface area contributed by atoms with Crippen LogP contribution in [0.4, 0.5) is 0 Å². The fourth-order valence-corrected chi connectivity index (χ4v) is 2.50. The third kappa shape index (κ3) is 5.10. The van der Waals surface area contributed by atoms with E-state index in [0.29, 0.717) is 5.56 Å². The molecule has 0 bridgehead atoms. The van der Waals surface area contributed by atoms with Crippen molar-refractivity contribution in [3.8, 4) is 0 Å². The summed E-state index contributed by atoms with van der Waals surface area (Å²) in [5.74, 6) is -0.490. The molecule has 0 radical (unpaired) electrons. The minimum absolute atomic E-state index is 0.0204. The van der Waals surface area contributed by atoms with Crippen LogP contribution in [0.2, 0.25) is 0 Å². The highest BCUT2D eigenvalue weighted by Crippen LogP contribution is 2.12. The minimum Gasteiger partial charge on any atom is -0.379 e. The van der Waals surface area contributed by atoms with Gasteiger partial charge in [-0.3, -0.25) is 4.79 Å². The average Bonchev–Trinajstić information content (AvgIpc) is 2.33. The molecule has 0 aliphatic carbocycles. The number of sulfonamides is 1. The summed E-state index contributed by atoms with van der Waals surface area (Å²) in [7, 11) is -3.94. The second-order valence-electron chi connectivity index (χ2n) is 4.52. The summed E-state index contributed by atoms with van der Waals surface area (Å²) >= 11 is 0. The van der Waals surface area contributed by atoms with E-state index in [-0.39, 0.29) is 19.1 Å². The number of hydrogen-bond acceptors (Lipinski definition) is 4. The quantitative estimate of drug-likeness (QED) is 0.766. The number of carbonyl (C=O) groups excluding carboxylic acids is 1. The van der Waals surface area contributed by atoms with Crippen LogP contribution in [0.1, 0.15) is 30.6 Å². The van der Waals surface area contributed by atoms with Crippen LogP contribution in [0, 0.1) is 0 Å². The number of nitrogens with two attached hydrogens (primary N) is 1. The lowest BCUT2D eigenvalue weighted by Gasteiger charge is -2.15. The van der Waals surface area contributed by atoms with E-state index in [9.17, 15) is 13.2 Å². The number of primary sulfonamides is 1. The molecule has 106 valence electrons. The number of rotatable bonds is 7. The standard InChI is InChI=1S/C13H19NO4S/c1-10(2)18-9-8-12(19(14,16)17)13(15)11-6-4-3-5-7-11/h3-7,10,12H,8-9H2,1-2H3,(H2,14,16,17). The van der Waals surface area contributed by atoms with Gasteiger partial charge in [-0.25, -0.2) is 13.6 Å². The molecule has 1 unspecified atom stereocenters. The van der Waals surface area contributed by atoms with Crippen LogP contribution in [0.25, 0.3) is 0 Å². The Morgan fingerprint density at radius 1 is 1.26 bits per heavy atom. The van der Waals surface area contributed by atoms with Gasteiger partial charge in [0.2, 0.25) is 10.0 Å². The lowest BCUT2D eigenvalue weighted by molar-refractivity contribution is 0.0726. The van der Waals surface area contributed by atoms with Crippen molar-refractivity contribution in [3.63, 3.8) is 0 Å². The summed E-state index contributed by atoms with van der Waals surface area (Å²) in [5, 5.41) is 3.87. The number of hydrogen-bond donors (Lipinski definition) is 1. The van der Waals surface area contributed by atoms with Gasteiger partial charge in [-0.05, 0) is 20.3 Å². The van der Waals surface area contributed by atoms with E-state index >= 15 is 0 Å². The van der Waals surface area contributed by atoms with Crippen molar-refractivity contribution in [2.45, 2.75) is 31.6 Å². The van der Waals surface area contributed by atoms with Crippen molar-refractivity contribution in [3.05, 3.63) is 35.9 Å². The van der Waals surface area contributed by atoms with E-state index in [0.717, 1.165) is 0 Å². The van der Waals surface area contributed by atoms with E-state index in [1.54, 1.807) is 30.3 Å². The van der Waals surface area contributed by atoms with Crippen LogP contribution in [0.5, 0.6) is 0 Å². The third-order valence-electron chi connectivity index (χ3n) is 2.58. The van der Waals surface area contributed by atoms with Gasteiger partial charge >= 0.3 is 0 Å². The summed E-state index contributed by atoms with van der Waals surface area (Å²) in [5.41, 5.74) is 0.339. The Morgan fingerprint density at radius 2 is 1.84 bits per heavy atom. The normalized spacial score (nSPS) is 13.5. The first-order chi connectivity index (χ1) is 8.82. The first kappa shape index (κ1) is 15.8. The minimum atomic E-state index is -3.94. The zero-order chi connectivity index (χ0) is 14.5. The molecule has 5 nitrogen and oxygen atoms in total. The molecule has 0 spiro atoms. The Balaban J connectivity index is 2.84. The van der Waals surface area contributed by atoms with Gasteiger partial charge in [-0.2, -0.15) is 0 Å². The van der Waals surface area contributed by atoms with Gasteiger partial charge in [0, 0.05) is 12.2 Å². The van der Waals surface area contributed by atoms with Gasteiger partial charge in [0.1, 0.15) is 5.25 Å². The molecule has 1 atom stereocenters. The van der Waals surface area contributed by atoms with Crippen molar-refractivity contribution in [1.82, 2.24) is 0 Å². The first-order valence-electron chi connectivity index (χ1n) is 6.05. The number of ether oxygens (including phenoxy) is 1. The molecule has 0 aliphatic heterocycles. The zero-order valence-corrected chi connectivity index (χ0v) is 11.9. The van der Waals surface area contributed by atoms with E-state index in [1.165, 1.54) is 0 Å². The van der Waals surface area contributed by atoms with Crippen molar-refractivity contribution in [2.75, 3.05) is 6.61 Å². The third-order valence-corrected chi connectivity index (χ3v) is 3.82. The molecule has 6 heteroatoms. The Kier molecular flexibility index (Phi) is 5.65. The second kappa shape index (κ2) is 6.79. The van der Waals surface area contributed by atoms with Crippen molar-refractivity contribution >= 4 is 15.8 Å². The van der Waals surface area contributed by atoms with Crippen LogP contribution >= 0.6 is 0 Å². The van der Waals surface area contributed by atoms with E-state index in [2.05, 4.69) is 0 Å². The predicted molar refractivity (Wildman–Crippen MR) is 73.4 cm³/mol. The molecule has 1 aromatic carbocycles. The summed E-state index contributed by atoms with van der Waals surface area (Å²) in [6, 6.07) is 8.26. The van der Waals surface area contributed by atoms with E-state index in [4.69, 9.17) is 9.88 Å². The number of carbonyl (C=O) groups is 1.